The highest BCUT2D eigenvalue weighted by atomic mass is 16.6. The number of aromatic nitrogens is 2. The Balaban J connectivity index is 1.50. The van der Waals surface area contributed by atoms with E-state index in [9.17, 15) is 4.79 Å². The van der Waals surface area contributed by atoms with Gasteiger partial charge in [-0.15, -0.1) is 0 Å². The molecule has 0 saturated heterocycles. The molecule has 0 bridgehead atoms. The molecular formula is C29H36N2O4. The lowest BCUT2D eigenvalue weighted by molar-refractivity contribution is -0.162. The number of hydrogen-bond donors (Lipinski definition) is 0. The summed E-state index contributed by atoms with van der Waals surface area (Å²) in [7, 11) is 0. The fraction of sp³-hybridized carbons (Fsp3) is 0.414. The van der Waals surface area contributed by atoms with Crippen LogP contribution in [-0.4, -0.2) is 41.4 Å². The fourth-order valence-corrected chi connectivity index (χ4v) is 3.52. The molecule has 3 rings (SSSR count). The van der Waals surface area contributed by atoms with Crippen molar-refractivity contribution in [3.63, 3.8) is 0 Å². The number of hydrogen-bond acceptors (Lipinski definition) is 6. The lowest BCUT2D eigenvalue weighted by atomic mass is 10.0. The summed E-state index contributed by atoms with van der Waals surface area (Å²) >= 11 is 0. The summed E-state index contributed by atoms with van der Waals surface area (Å²) in [6.45, 7) is 8.51. The van der Waals surface area contributed by atoms with Gasteiger partial charge in [0.15, 0.2) is 17.7 Å². The van der Waals surface area contributed by atoms with E-state index < -0.39 is 12.2 Å². The number of carbonyl (C=O) groups is 1. The Bertz CT molecular complexity index is 1030. The molecule has 3 aromatic rings. The summed E-state index contributed by atoms with van der Waals surface area (Å²) < 4.78 is 16.6. The van der Waals surface area contributed by atoms with Gasteiger partial charge in [-0.05, 0) is 43.4 Å². The first-order valence-electron chi connectivity index (χ1n) is 12.5. The van der Waals surface area contributed by atoms with Gasteiger partial charge in [-0.1, -0.05) is 75.2 Å². The maximum atomic E-state index is 12.1. The Morgan fingerprint density at radius 2 is 1.46 bits per heavy atom. The number of ether oxygens (including phenoxy) is 3. The van der Waals surface area contributed by atoms with Crippen LogP contribution < -0.4 is 4.74 Å². The first-order valence-corrected chi connectivity index (χ1v) is 12.5. The minimum Gasteiger partial charge on any atom is -0.486 e. The number of carbonyl (C=O) groups excluding carboxylic acids is 1. The zero-order valence-corrected chi connectivity index (χ0v) is 21.2. The van der Waals surface area contributed by atoms with Gasteiger partial charge in [0.2, 0.25) is 0 Å². The Labute approximate surface area is 208 Å². The van der Waals surface area contributed by atoms with E-state index in [4.69, 9.17) is 14.2 Å². The summed E-state index contributed by atoms with van der Waals surface area (Å²) in [5.74, 6) is 0.761. The second kappa shape index (κ2) is 13.6. The summed E-state index contributed by atoms with van der Waals surface area (Å²) in [6.07, 6.45) is 6.46. The molecule has 186 valence electrons. The van der Waals surface area contributed by atoms with E-state index in [1.54, 1.807) is 26.2 Å². The highest BCUT2D eigenvalue weighted by molar-refractivity contribution is 5.74. The summed E-state index contributed by atoms with van der Waals surface area (Å²) in [5.41, 5.74) is 4.65. The molecule has 6 heteroatoms. The standard InChI is InChI=1S/C29H36N2O4/c1-5-7-17-33-22(4)29(32)35-21(3)20-34-27-18-30-28(31-19-27)26-15-13-25(14-16-26)24-11-9-23(8-6-2)10-12-24/h9-16,18-19,21-22H,5-8,17,20H2,1-4H3/t21-,22?/m0/s1. The van der Waals surface area contributed by atoms with E-state index in [0.29, 0.717) is 18.2 Å². The molecule has 0 aliphatic carbocycles. The molecule has 0 N–H and O–H groups in total. The van der Waals surface area contributed by atoms with Crippen molar-refractivity contribution in [1.82, 2.24) is 9.97 Å². The number of aryl methyl sites for hydroxylation is 1. The molecular weight excluding hydrogens is 440 g/mol. The normalized spacial score (nSPS) is 12.7. The second-order valence-corrected chi connectivity index (χ2v) is 8.69. The van der Waals surface area contributed by atoms with E-state index in [0.717, 1.165) is 36.8 Å². The van der Waals surface area contributed by atoms with Crippen LogP contribution in [0.3, 0.4) is 0 Å². The maximum absolute atomic E-state index is 12.1. The predicted octanol–water partition coefficient (Wildman–Crippen LogP) is 6.28. The van der Waals surface area contributed by atoms with Crippen molar-refractivity contribution >= 4 is 5.97 Å². The Hall–Kier alpha value is -3.25. The van der Waals surface area contributed by atoms with Crippen LogP contribution in [0, 0.1) is 0 Å². The first kappa shape index (κ1) is 26.4. The Morgan fingerprint density at radius 1 is 0.857 bits per heavy atom. The largest absolute Gasteiger partial charge is 0.486 e. The highest BCUT2D eigenvalue weighted by Gasteiger charge is 2.18. The molecule has 2 atom stereocenters. The third kappa shape index (κ3) is 8.18. The average molecular weight is 477 g/mol. The van der Waals surface area contributed by atoms with Gasteiger partial charge in [0.1, 0.15) is 12.7 Å². The van der Waals surface area contributed by atoms with E-state index in [1.807, 2.05) is 12.1 Å². The molecule has 2 aromatic carbocycles. The van der Waals surface area contributed by atoms with Crippen LogP contribution in [0.15, 0.2) is 60.9 Å². The highest BCUT2D eigenvalue weighted by Crippen LogP contribution is 2.24. The zero-order chi connectivity index (χ0) is 25.0. The van der Waals surface area contributed by atoms with Crippen LogP contribution in [0.2, 0.25) is 0 Å². The van der Waals surface area contributed by atoms with Crippen molar-refractivity contribution in [2.75, 3.05) is 13.2 Å². The molecule has 1 aromatic heterocycles. The summed E-state index contributed by atoms with van der Waals surface area (Å²) in [5, 5.41) is 0. The minimum absolute atomic E-state index is 0.210. The number of nitrogens with zero attached hydrogens (tertiary/aromatic N) is 2. The van der Waals surface area contributed by atoms with Crippen molar-refractivity contribution in [1.29, 1.82) is 0 Å². The van der Waals surface area contributed by atoms with Crippen molar-refractivity contribution in [2.45, 2.75) is 65.6 Å². The molecule has 1 unspecified atom stereocenters. The van der Waals surface area contributed by atoms with Crippen LogP contribution in [-0.2, 0) is 20.7 Å². The van der Waals surface area contributed by atoms with Crippen LogP contribution >= 0.6 is 0 Å². The molecule has 0 spiro atoms. The van der Waals surface area contributed by atoms with E-state index in [-0.39, 0.29) is 12.6 Å². The predicted molar refractivity (Wildman–Crippen MR) is 138 cm³/mol. The fourth-order valence-electron chi connectivity index (χ4n) is 3.52. The minimum atomic E-state index is -0.585. The Kier molecular flexibility index (Phi) is 10.2. The average Bonchev–Trinajstić information content (AvgIpc) is 2.88. The molecule has 0 aliphatic rings. The summed E-state index contributed by atoms with van der Waals surface area (Å²) in [6, 6.07) is 16.9. The summed E-state index contributed by atoms with van der Waals surface area (Å²) in [4.78, 5) is 20.9. The van der Waals surface area contributed by atoms with Gasteiger partial charge < -0.3 is 14.2 Å². The first-order chi connectivity index (χ1) is 17.0. The molecule has 0 fully saturated rings. The van der Waals surface area contributed by atoms with Gasteiger partial charge >= 0.3 is 5.97 Å². The lowest BCUT2D eigenvalue weighted by Crippen LogP contribution is -2.30. The molecule has 6 nitrogen and oxygen atoms in total. The number of rotatable bonds is 13. The second-order valence-electron chi connectivity index (χ2n) is 8.69. The molecule has 0 amide bonds. The molecule has 35 heavy (non-hydrogen) atoms. The lowest BCUT2D eigenvalue weighted by Gasteiger charge is -2.17. The number of unbranched alkanes of at least 4 members (excludes halogenated alkanes) is 1. The van der Waals surface area contributed by atoms with E-state index >= 15 is 0 Å². The van der Waals surface area contributed by atoms with Gasteiger partial charge in [0.05, 0.1) is 12.4 Å². The monoisotopic (exact) mass is 476 g/mol. The molecule has 0 saturated carbocycles. The van der Waals surface area contributed by atoms with Crippen LogP contribution in [0.5, 0.6) is 5.75 Å². The quantitative estimate of drug-likeness (QED) is 0.214. The Morgan fingerprint density at radius 3 is 2.06 bits per heavy atom. The van der Waals surface area contributed by atoms with E-state index in [1.165, 1.54) is 11.1 Å². The van der Waals surface area contributed by atoms with Crippen LogP contribution in [0.25, 0.3) is 22.5 Å². The SMILES string of the molecule is CCCCOC(C)C(=O)O[C@@H](C)COc1cnc(-c2ccc(-c3ccc(CCC)cc3)cc2)nc1. The van der Waals surface area contributed by atoms with Gasteiger partial charge in [0, 0.05) is 12.2 Å². The van der Waals surface area contributed by atoms with Crippen LogP contribution in [0.4, 0.5) is 0 Å². The van der Waals surface area contributed by atoms with Gasteiger partial charge in [-0.25, -0.2) is 14.8 Å². The van der Waals surface area contributed by atoms with Gasteiger partial charge in [0.25, 0.3) is 0 Å². The molecule has 0 aliphatic heterocycles. The van der Waals surface area contributed by atoms with Gasteiger partial charge in [-0.3, -0.25) is 0 Å². The van der Waals surface area contributed by atoms with Crippen LogP contribution in [0.1, 0.15) is 52.5 Å². The van der Waals surface area contributed by atoms with Gasteiger partial charge in [-0.2, -0.15) is 0 Å². The molecule has 1 heterocycles. The maximum Gasteiger partial charge on any atom is 0.335 e. The smallest absolute Gasteiger partial charge is 0.335 e. The third-order valence-corrected chi connectivity index (χ3v) is 5.60. The van der Waals surface area contributed by atoms with Crippen molar-refractivity contribution < 1.29 is 19.0 Å². The third-order valence-electron chi connectivity index (χ3n) is 5.60. The van der Waals surface area contributed by atoms with Crippen molar-refractivity contribution in [3.8, 4) is 28.3 Å². The molecule has 0 radical (unpaired) electrons. The van der Waals surface area contributed by atoms with Crippen molar-refractivity contribution in [2.24, 2.45) is 0 Å². The van der Waals surface area contributed by atoms with E-state index in [2.05, 4.69) is 60.2 Å². The zero-order valence-electron chi connectivity index (χ0n) is 21.2. The number of benzene rings is 2. The number of esters is 1. The van der Waals surface area contributed by atoms with Crippen molar-refractivity contribution in [3.05, 3.63) is 66.5 Å². The topological polar surface area (TPSA) is 70.5 Å².